The Morgan fingerprint density at radius 1 is 1.29 bits per heavy atom. The molecule has 0 saturated heterocycles. The molecule has 1 N–H and O–H groups in total. The van der Waals surface area contributed by atoms with Crippen LogP contribution in [-0.2, 0) is 9.59 Å². The minimum atomic E-state index is -0.0755. The summed E-state index contributed by atoms with van der Waals surface area (Å²) in [7, 11) is 0. The highest BCUT2D eigenvalue weighted by Crippen LogP contribution is 2.61. The molecule has 3 saturated carbocycles. The normalized spacial score (nSPS) is 46.0. The van der Waals surface area contributed by atoms with Crippen LogP contribution in [0.1, 0.15) is 58.8 Å². The Morgan fingerprint density at radius 3 is 2.71 bits per heavy atom. The number of aliphatic hydroxyl groups excluding tert-OH is 1. The van der Waals surface area contributed by atoms with Crippen molar-refractivity contribution >= 4 is 11.6 Å². The first kappa shape index (κ1) is 15.2. The molecule has 0 heterocycles. The summed E-state index contributed by atoms with van der Waals surface area (Å²) in [5.74, 6) is 2.56. The quantitative estimate of drug-likeness (QED) is 0.870. The number of rotatable bonds is 3. The van der Waals surface area contributed by atoms with Crippen LogP contribution < -0.4 is 0 Å². The fourth-order valence-corrected chi connectivity index (χ4v) is 5.97. The molecule has 118 valence electrons. The highest BCUT2D eigenvalue weighted by atomic mass is 16.3. The third-order valence-corrected chi connectivity index (χ3v) is 6.94. The van der Waals surface area contributed by atoms with E-state index in [1.54, 1.807) is 6.92 Å². The van der Waals surface area contributed by atoms with E-state index in [-0.39, 0.29) is 29.6 Å². The Bertz CT molecular complexity index is 444. The third-order valence-electron chi connectivity index (χ3n) is 6.94. The van der Waals surface area contributed by atoms with Crippen molar-refractivity contribution in [1.82, 2.24) is 0 Å². The molecule has 6 atom stereocenters. The van der Waals surface area contributed by atoms with Gasteiger partial charge >= 0.3 is 0 Å². The van der Waals surface area contributed by atoms with Gasteiger partial charge in [0.05, 0.1) is 0 Å². The smallest absolute Gasteiger partial charge is 0.136 e. The summed E-state index contributed by atoms with van der Waals surface area (Å²) in [6, 6.07) is 0. The summed E-state index contributed by atoms with van der Waals surface area (Å²) in [6.45, 7) is 4.14. The molecule has 0 aliphatic heterocycles. The van der Waals surface area contributed by atoms with Crippen molar-refractivity contribution in [3.8, 4) is 0 Å². The van der Waals surface area contributed by atoms with Gasteiger partial charge in [-0.05, 0) is 62.2 Å². The molecule has 3 heteroatoms. The number of aliphatic hydroxyl groups is 1. The van der Waals surface area contributed by atoms with Crippen LogP contribution in [0.4, 0.5) is 0 Å². The minimum absolute atomic E-state index is 0.0755. The van der Waals surface area contributed by atoms with Crippen LogP contribution in [0, 0.1) is 35.0 Å². The first-order valence-corrected chi connectivity index (χ1v) is 8.61. The standard InChI is InChI=1S/C18H28O3/c1-11(20)15-5-6-16-13-4-3-12(7-8-19)9-14(13)17(21)10-18(15,16)2/h12-16,19H,3-10H2,1-2H3/t12-,13-,14-,15+,16+,18-/m1/s1. The van der Waals surface area contributed by atoms with E-state index in [4.69, 9.17) is 5.11 Å². The average Bonchev–Trinajstić information content (AvgIpc) is 2.76. The van der Waals surface area contributed by atoms with E-state index in [1.807, 2.05) is 0 Å². The second kappa shape index (κ2) is 5.49. The molecule has 3 aliphatic carbocycles. The zero-order valence-electron chi connectivity index (χ0n) is 13.3. The molecule has 0 aromatic rings. The topological polar surface area (TPSA) is 54.4 Å². The SMILES string of the molecule is CC(=O)[C@@H]1CC[C@H]2[C@@H]3CC[C@H](CCO)C[C@H]3C(=O)C[C@]12C. The van der Waals surface area contributed by atoms with Gasteiger partial charge < -0.3 is 5.11 Å². The van der Waals surface area contributed by atoms with Crippen LogP contribution in [0.3, 0.4) is 0 Å². The van der Waals surface area contributed by atoms with Crippen molar-refractivity contribution in [3.63, 3.8) is 0 Å². The molecule has 0 spiro atoms. The Labute approximate surface area is 127 Å². The van der Waals surface area contributed by atoms with Crippen molar-refractivity contribution in [3.05, 3.63) is 0 Å². The van der Waals surface area contributed by atoms with Gasteiger partial charge in [-0.3, -0.25) is 9.59 Å². The lowest BCUT2D eigenvalue weighted by atomic mass is 9.53. The van der Waals surface area contributed by atoms with Gasteiger partial charge in [-0.25, -0.2) is 0 Å². The number of ketones is 2. The molecule has 3 fully saturated rings. The summed E-state index contributed by atoms with van der Waals surface area (Å²) >= 11 is 0. The second-order valence-electron chi connectivity index (χ2n) is 7.96. The van der Waals surface area contributed by atoms with E-state index in [0.717, 1.165) is 38.5 Å². The summed E-state index contributed by atoms with van der Waals surface area (Å²) in [6.07, 6.45) is 6.79. The largest absolute Gasteiger partial charge is 0.396 e. The van der Waals surface area contributed by atoms with Gasteiger partial charge in [-0.15, -0.1) is 0 Å². The Balaban J connectivity index is 1.82. The van der Waals surface area contributed by atoms with Crippen LogP contribution in [0.25, 0.3) is 0 Å². The molecule has 0 unspecified atom stereocenters. The lowest BCUT2D eigenvalue weighted by Gasteiger charge is -2.50. The molecule has 0 radical (unpaired) electrons. The van der Waals surface area contributed by atoms with E-state index in [2.05, 4.69) is 6.92 Å². The first-order valence-electron chi connectivity index (χ1n) is 8.61. The molecule has 0 amide bonds. The van der Waals surface area contributed by atoms with Crippen LogP contribution in [0.2, 0.25) is 0 Å². The predicted molar refractivity (Wildman–Crippen MR) is 80.6 cm³/mol. The van der Waals surface area contributed by atoms with Gasteiger partial charge in [-0.1, -0.05) is 13.3 Å². The Kier molecular flexibility index (Phi) is 3.98. The lowest BCUT2D eigenvalue weighted by molar-refractivity contribution is -0.142. The zero-order valence-corrected chi connectivity index (χ0v) is 13.3. The predicted octanol–water partition coefficient (Wildman–Crippen LogP) is 3.00. The summed E-state index contributed by atoms with van der Waals surface area (Å²) in [5.41, 5.74) is -0.0755. The van der Waals surface area contributed by atoms with Crippen LogP contribution in [-0.4, -0.2) is 23.3 Å². The number of carbonyl (C=O) groups excluding carboxylic acids is 2. The fourth-order valence-electron chi connectivity index (χ4n) is 5.97. The maximum Gasteiger partial charge on any atom is 0.136 e. The number of hydrogen-bond acceptors (Lipinski definition) is 3. The molecular weight excluding hydrogens is 264 g/mol. The molecule has 3 nitrogen and oxygen atoms in total. The summed E-state index contributed by atoms with van der Waals surface area (Å²) in [4.78, 5) is 24.7. The summed E-state index contributed by atoms with van der Waals surface area (Å²) in [5, 5.41) is 9.15. The molecule has 0 aromatic heterocycles. The summed E-state index contributed by atoms with van der Waals surface area (Å²) < 4.78 is 0. The van der Waals surface area contributed by atoms with E-state index in [0.29, 0.717) is 30.0 Å². The van der Waals surface area contributed by atoms with E-state index in [9.17, 15) is 9.59 Å². The maximum absolute atomic E-state index is 12.7. The van der Waals surface area contributed by atoms with Crippen LogP contribution in [0.15, 0.2) is 0 Å². The van der Waals surface area contributed by atoms with Crippen molar-refractivity contribution in [2.24, 2.45) is 35.0 Å². The Morgan fingerprint density at radius 2 is 2.05 bits per heavy atom. The zero-order chi connectivity index (χ0) is 15.2. The van der Waals surface area contributed by atoms with Crippen molar-refractivity contribution in [2.75, 3.05) is 6.61 Å². The van der Waals surface area contributed by atoms with Crippen LogP contribution >= 0.6 is 0 Å². The van der Waals surface area contributed by atoms with Gasteiger partial charge in [0.1, 0.15) is 11.6 Å². The average molecular weight is 292 g/mol. The van der Waals surface area contributed by atoms with Crippen molar-refractivity contribution < 1.29 is 14.7 Å². The fraction of sp³-hybridized carbons (Fsp3) is 0.889. The molecule has 3 rings (SSSR count). The molecular formula is C18H28O3. The monoisotopic (exact) mass is 292 g/mol. The highest BCUT2D eigenvalue weighted by molar-refractivity contribution is 5.86. The van der Waals surface area contributed by atoms with Gasteiger partial charge in [0.25, 0.3) is 0 Å². The molecule has 3 aliphatic rings. The van der Waals surface area contributed by atoms with E-state index in [1.165, 1.54) is 0 Å². The first-order chi connectivity index (χ1) is 9.97. The van der Waals surface area contributed by atoms with E-state index < -0.39 is 0 Å². The maximum atomic E-state index is 12.7. The molecule has 0 aromatic carbocycles. The number of fused-ring (bicyclic) bond motifs is 3. The van der Waals surface area contributed by atoms with E-state index >= 15 is 0 Å². The van der Waals surface area contributed by atoms with Crippen molar-refractivity contribution in [1.29, 1.82) is 0 Å². The van der Waals surface area contributed by atoms with Gasteiger partial charge in [-0.2, -0.15) is 0 Å². The van der Waals surface area contributed by atoms with Gasteiger partial charge in [0.15, 0.2) is 0 Å². The number of carbonyl (C=O) groups is 2. The Hall–Kier alpha value is -0.700. The third kappa shape index (κ3) is 2.38. The van der Waals surface area contributed by atoms with Crippen LogP contribution in [0.5, 0.6) is 0 Å². The highest BCUT2D eigenvalue weighted by Gasteiger charge is 2.58. The minimum Gasteiger partial charge on any atom is -0.396 e. The second-order valence-corrected chi connectivity index (χ2v) is 7.96. The van der Waals surface area contributed by atoms with Gasteiger partial charge in [0, 0.05) is 24.9 Å². The molecule has 0 bridgehead atoms. The molecule has 21 heavy (non-hydrogen) atoms. The lowest BCUT2D eigenvalue weighted by Crippen LogP contribution is -2.49. The van der Waals surface area contributed by atoms with Crippen molar-refractivity contribution in [2.45, 2.75) is 58.8 Å². The van der Waals surface area contributed by atoms with Gasteiger partial charge in [0.2, 0.25) is 0 Å². The number of Topliss-reactive ketones (excluding diaryl/α,β-unsaturated/α-hetero) is 2. The number of hydrogen-bond donors (Lipinski definition) is 1.